The average Bonchev–Trinajstić information content (AvgIpc) is 3.25. The fraction of sp³-hybridized carbons (Fsp3) is 0.931. The van der Waals surface area contributed by atoms with E-state index in [1.165, 1.54) is 51.4 Å². The predicted octanol–water partition coefficient (Wildman–Crippen LogP) is 4.15. The number of hydrogen-bond acceptors (Lipinski definition) is 4. The van der Waals surface area contributed by atoms with Crippen LogP contribution < -0.4 is 0 Å². The molecule has 0 radical (unpaired) electrons. The van der Waals surface area contributed by atoms with Crippen LogP contribution in [0.1, 0.15) is 78.1 Å². The van der Waals surface area contributed by atoms with Crippen LogP contribution in [0, 0.1) is 45.8 Å². The van der Waals surface area contributed by atoms with E-state index in [2.05, 4.69) is 24.8 Å². The van der Waals surface area contributed by atoms with Gasteiger partial charge in [0.25, 0.3) is 0 Å². The second-order valence-corrected chi connectivity index (χ2v) is 14.2. The minimum absolute atomic E-state index is 0.106. The number of hydrogen-bond donors (Lipinski definition) is 2. The van der Waals surface area contributed by atoms with Crippen LogP contribution in [0.3, 0.4) is 0 Å². The predicted molar refractivity (Wildman–Crippen MR) is 126 cm³/mol. The van der Waals surface area contributed by atoms with Crippen molar-refractivity contribution in [2.45, 2.75) is 102 Å². The lowest BCUT2D eigenvalue weighted by atomic mass is 9.47. The number of fused-ring (bicyclic) bond motifs is 6. The quantitative estimate of drug-likeness (QED) is 0.617. The Morgan fingerprint density at radius 3 is 2.88 bits per heavy atom. The lowest BCUT2D eigenvalue weighted by molar-refractivity contribution is -0.211. The number of aliphatic hydroxyl groups excluding tert-OH is 2. The molecule has 4 heteroatoms. The number of β-amino-alcohol motifs (C(OH)–C–C–N with tert-alkyl or cyclic N) is 1. The number of allylic oxidation sites excluding steroid dienone is 1. The lowest BCUT2D eigenvalue weighted by Gasteiger charge is -2.60. The van der Waals surface area contributed by atoms with E-state index in [4.69, 9.17) is 4.74 Å². The molecule has 0 amide bonds. The highest BCUT2D eigenvalue weighted by molar-refractivity contribution is 5.42. The van der Waals surface area contributed by atoms with Gasteiger partial charge in [0.15, 0.2) is 0 Å². The highest BCUT2D eigenvalue weighted by Gasteiger charge is 2.91. The third-order valence-corrected chi connectivity index (χ3v) is 13.4. The number of ether oxygens (including phenoxy) is 1. The highest BCUT2D eigenvalue weighted by atomic mass is 16.5. The Morgan fingerprint density at radius 2 is 2.03 bits per heavy atom. The molecule has 6 aliphatic carbocycles. The molecule has 12 atom stereocenters. The van der Waals surface area contributed by atoms with Crippen molar-refractivity contribution in [1.82, 2.24) is 4.90 Å². The number of likely N-dealkylation sites (tertiary alicyclic amines) is 1. The molecule has 3 spiro atoms. The molecule has 0 aromatic carbocycles. The van der Waals surface area contributed by atoms with E-state index < -0.39 is 0 Å². The first-order valence-electron chi connectivity index (χ1n) is 14.3. The molecule has 2 aliphatic heterocycles. The van der Waals surface area contributed by atoms with Gasteiger partial charge in [-0.3, -0.25) is 4.90 Å². The molecule has 8 aliphatic rings. The fourth-order valence-electron chi connectivity index (χ4n) is 12.3. The van der Waals surface area contributed by atoms with Crippen molar-refractivity contribution in [3.8, 4) is 0 Å². The van der Waals surface area contributed by atoms with Gasteiger partial charge in [-0.2, -0.15) is 0 Å². The zero-order chi connectivity index (χ0) is 22.4. The van der Waals surface area contributed by atoms with Crippen molar-refractivity contribution in [3.63, 3.8) is 0 Å². The van der Waals surface area contributed by atoms with E-state index >= 15 is 0 Å². The van der Waals surface area contributed by atoms with Gasteiger partial charge >= 0.3 is 0 Å². The Morgan fingerprint density at radius 1 is 1.15 bits per heavy atom. The van der Waals surface area contributed by atoms with E-state index in [0.717, 1.165) is 43.7 Å². The summed E-state index contributed by atoms with van der Waals surface area (Å²) in [7, 11) is 0. The van der Waals surface area contributed by atoms with Crippen molar-refractivity contribution >= 4 is 0 Å². The molecule has 182 valence electrons. The Kier molecular flexibility index (Phi) is 3.95. The summed E-state index contributed by atoms with van der Waals surface area (Å²) in [4.78, 5) is 2.62. The van der Waals surface area contributed by atoms with Gasteiger partial charge in [0.05, 0.1) is 24.4 Å². The van der Waals surface area contributed by atoms with Gasteiger partial charge in [0, 0.05) is 30.5 Å². The first-order valence-corrected chi connectivity index (χ1v) is 14.3. The molecule has 2 heterocycles. The zero-order valence-corrected chi connectivity index (χ0v) is 20.6. The van der Waals surface area contributed by atoms with Gasteiger partial charge in [-0.05, 0) is 98.7 Å². The maximum Gasteiger partial charge on any atom is 0.0793 e. The molecule has 7 fully saturated rings. The first kappa shape index (κ1) is 20.7. The Balaban J connectivity index is 1.12. The second kappa shape index (κ2) is 6.28. The smallest absolute Gasteiger partial charge is 0.0793 e. The molecule has 3 unspecified atom stereocenters. The van der Waals surface area contributed by atoms with Crippen molar-refractivity contribution in [2.24, 2.45) is 45.8 Å². The van der Waals surface area contributed by atoms with E-state index in [1.54, 1.807) is 5.57 Å². The summed E-state index contributed by atoms with van der Waals surface area (Å²) in [5.74, 6) is 4.00. The van der Waals surface area contributed by atoms with Crippen LogP contribution >= 0.6 is 0 Å². The van der Waals surface area contributed by atoms with Gasteiger partial charge in [-0.15, -0.1) is 0 Å². The Labute approximate surface area is 199 Å². The maximum absolute atomic E-state index is 10.4. The van der Waals surface area contributed by atoms with Crippen LogP contribution in [-0.4, -0.2) is 58.7 Å². The van der Waals surface area contributed by atoms with Crippen LogP contribution in [0.15, 0.2) is 11.6 Å². The highest BCUT2D eigenvalue weighted by Crippen LogP contribution is 2.93. The van der Waals surface area contributed by atoms with Gasteiger partial charge in [0.2, 0.25) is 0 Å². The maximum atomic E-state index is 10.4. The van der Waals surface area contributed by atoms with Crippen molar-refractivity contribution in [3.05, 3.63) is 11.6 Å². The minimum atomic E-state index is -0.106. The largest absolute Gasteiger partial charge is 0.395 e. The average molecular weight is 454 g/mol. The molecular formula is C29H43NO3. The van der Waals surface area contributed by atoms with Gasteiger partial charge in [-0.1, -0.05) is 25.5 Å². The summed E-state index contributed by atoms with van der Waals surface area (Å²) in [5.41, 5.74) is 3.13. The van der Waals surface area contributed by atoms with E-state index in [-0.39, 0.29) is 18.3 Å². The molecule has 4 nitrogen and oxygen atoms in total. The number of piperidine rings is 1. The number of aliphatic hydroxyl groups is 2. The molecular weight excluding hydrogens is 410 g/mol. The van der Waals surface area contributed by atoms with Gasteiger partial charge in [0.1, 0.15) is 0 Å². The normalized spacial score (nSPS) is 62.5. The van der Waals surface area contributed by atoms with Crippen molar-refractivity contribution in [1.29, 1.82) is 0 Å². The zero-order valence-electron chi connectivity index (χ0n) is 20.6. The first-order chi connectivity index (χ1) is 15.9. The third kappa shape index (κ3) is 2.18. The molecule has 8 rings (SSSR count). The van der Waals surface area contributed by atoms with Crippen LogP contribution in [0.4, 0.5) is 0 Å². The Bertz CT molecular complexity index is 919. The molecule has 0 aromatic rings. The van der Waals surface area contributed by atoms with E-state index in [0.29, 0.717) is 40.2 Å². The summed E-state index contributed by atoms with van der Waals surface area (Å²) in [6.45, 7) is 7.19. The summed E-state index contributed by atoms with van der Waals surface area (Å²) in [6, 6.07) is 0.558. The van der Waals surface area contributed by atoms with E-state index in [9.17, 15) is 10.2 Å². The van der Waals surface area contributed by atoms with Crippen LogP contribution in [0.25, 0.3) is 0 Å². The molecule has 5 saturated carbocycles. The summed E-state index contributed by atoms with van der Waals surface area (Å²) >= 11 is 0. The lowest BCUT2D eigenvalue weighted by Crippen LogP contribution is -2.64. The molecule has 2 saturated heterocycles. The van der Waals surface area contributed by atoms with Gasteiger partial charge in [-0.25, -0.2) is 0 Å². The number of nitrogens with zero attached hydrogens (tertiary/aromatic N) is 1. The fourth-order valence-corrected chi connectivity index (χ4v) is 12.3. The van der Waals surface area contributed by atoms with Crippen molar-refractivity contribution < 1.29 is 14.9 Å². The molecule has 33 heavy (non-hydrogen) atoms. The van der Waals surface area contributed by atoms with Crippen molar-refractivity contribution in [2.75, 3.05) is 19.7 Å². The Hall–Kier alpha value is -0.420. The minimum Gasteiger partial charge on any atom is -0.395 e. The standard InChI is InChI=1S/C29H43NO3/c1-17-11-24-25(30(15-17)9-10-31)23-14-28-16-27(28)13-22-20(21(27)6-8-29(23,28)33-24)4-3-18-12-19(32)5-7-26(18,22)2/h3,17,19-25,31-32H,4-16H2,1-2H3/t17-,19?,20-,21-,22-,23+,24+,25-,26-,27?,28?,29+/m0/s1. The SMILES string of the molecule is C[C@H]1C[C@H]2O[C@@]34CC[C@H]5[C@@H]6CC=C7CC(O)CC[C@]7(C)[C@H]6CC56CC63C[C@@H]4[C@@H]2N(CCO)C1. The molecule has 0 aromatic heterocycles. The van der Waals surface area contributed by atoms with Crippen LogP contribution in [-0.2, 0) is 4.74 Å². The van der Waals surface area contributed by atoms with Crippen LogP contribution in [0.2, 0.25) is 0 Å². The molecule has 2 N–H and O–H groups in total. The van der Waals surface area contributed by atoms with Crippen LogP contribution in [0.5, 0.6) is 0 Å². The molecule has 0 bridgehead atoms. The number of rotatable bonds is 2. The monoisotopic (exact) mass is 453 g/mol. The summed E-state index contributed by atoms with van der Waals surface area (Å²) < 4.78 is 7.28. The third-order valence-electron chi connectivity index (χ3n) is 13.4. The second-order valence-electron chi connectivity index (χ2n) is 14.2. The summed E-state index contributed by atoms with van der Waals surface area (Å²) in [5, 5.41) is 20.1. The summed E-state index contributed by atoms with van der Waals surface area (Å²) in [6.07, 6.45) is 15.5. The van der Waals surface area contributed by atoms with Gasteiger partial charge < -0.3 is 14.9 Å². The van der Waals surface area contributed by atoms with E-state index in [1.807, 2.05) is 0 Å². The topological polar surface area (TPSA) is 52.9 Å².